The monoisotopic (exact) mass is 232 g/mol. The van der Waals surface area contributed by atoms with Gasteiger partial charge in [-0.1, -0.05) is 0 Å². The Kier molecular flexibility index (Phi) is 2.43. The Bertz CT molecular complexity index is 368. The molecule has 4 unspecified atom stereocenters. The second-order valence-electron chi connectivity index (χ2n) is 6.23. The van der Waals surface area contributed by atoms with E-state index in [0.29, 0.717) is 11.8 Å². The van der Waals surface area contributed by atoms with E-state index in [1.165, 1.54) is 19.3 Å². The number of fused-ring (bicyclic) bond motifs is 5. The van der Waals surface area contributed by atoms with Crippen LogP contribution in [0, 0.1) is 40.9 Å². The first-order valence-electron chi connectivity index (χ1n) is 6.82. The van der Waals surface area contributed by atoms with Crippen LogP contribution < -0.4 is 0 Å². The average Bonchev–Trinajstić information content (AvgIpc) is 2.73. The summed E-state index contributed by atoms with van der Waals surface area (Å²) in [5.74, 6) is 3.55. The van der Waals surface area contributed by atoms with E-state index in [9.17, 15) is 4.79 Å². The minimum Gasteiger partial charge on any atom is -0.327 e. The van der Waals surface area contributed by atoms with Gasteiger partial charge in [-0.3, -0.25) is 4.79 Å². The zero-order chi connectivity index (χ0) is 12.2. The van der Waals surface area contributed by atoms with Crippen LogP contribution in [0.1, 0.15) is 33.1 Å². The Morgan fingerprint density at radius 2 is 1.94 bits per heavy atom. The molecule has 3 nitrogen and oxygen atoms in total. The van der Waals surface area contributed by atoms with Gasteiger partial charge in [-0.05, 0) is 56.8 Å². The Hall–Kier alpha value is -1.04. The predicted octanol–water partition coefficient (Wildman–Crippen LogP) is 2.04. The van der Waals surface area contributed by atoms with Gasteiger partial charge in [0.2, 0.25) is 5.91 Å². The van der Waals surface area contributed by atoms with Crippen molar-refractivity contribution in [3.63, 3.8) is 0 Å². The number of carbonyl (C=O) groups is 1. The summed E-state index contributed by atoms with van der Waals surface area (Å²) in [5.41, 5.74) is 0. The van der Waals surface area contributed by atoms with Gasteiger partial charge in [0.05, 0.1) is 6.07 Å². The largest absolute Gasteiger partial charge is 0.327 e. The van der Waals surface area contributed by atoms with Crippen LogP contribution in [0.2, 0.25) is 0 Å². The number of nitriles is 1. The quantitative estimate of drug-likeness (QED) is 0.699. The molecule has 0 aromatic heterocycles. The Labute approximate surface area is 103 Å². The SMILES string of the molecule is CC(C)N(CC#N)C(=O)C1C2C3CCC(C3)C12. The molecule has 0 heterocycles. The van der Waals surface area contributed by atoms with E-state index in [-0.39, 0.29) is 24.4 Å². The first kappa shape index (κ1) is 11.1. The molecule has 3 rings (SSSR count). The van der Waals surface area contributed by atoms with Crippen molar-refractivity contribution < 1.29 is 4.79 Å². The highest BCUT2D eigenvalue weighted by Gasteiger charge is 2.68. The molecule has 0 aromatic rings. The molecule has 92 valence electrons. The average molecular weight is 232 g/mol. The van der Waals surface area contributed by atoms with Gasteiger partial charge in [-0.2, -0.15) is 5.26 Å². The van der Waals surface area contributed by atoms with Crippen molar-refractivity contribution in [3.8, 4) is 6.07 Å². The van der Waals surface area contributed by atoms with Gasteiger partial charge in [0.25, 0.3) is 0 Å². The van der Waals surface area contributed by atoms with Crippen LogP contribution in [0.25, 0.3) is 0 Å². The number of rotatable bonds is 3. The molecule has 0 aliphatic heterocycles. The van der Waals surface area contributed by atoms with Crippen LogP contribution in [-0.2, 0) is 4.79 Å². The van der Waals surface area contributed by atoms with Crippen LogP contribution in [-0.4, -0.2) is 23.4 Å². The maximum absolute atomic E-state index is 12.4. The highest BCUT2D eigenvalue weighted by atomic mass is 16.2. The van der Waals surface area contributed by atoms with Gasteiger partial charge in [0.1, 0.15) is 6.54 Å². The second kappa shape index (κ2) is 3.73. The van der Waals surface area contributed by atoms with Crippen molar-refractivity contribution in [1.82, 2.24) is 4.90 Å². The van der Waals surface area contributed by atoms with Crippen LogP contribution in [0.5, 0.6) is 0 Å². The predicted molar refractivity (Wildman–Crippen MR) is 63.8 cm³/mol. The van der Waals surface area contributed by atoms with Gasteiger partial charge in [0, 0.05) is 12.0 Å². The molecule has 3 aliphatic rings. The molecule has 1 amide bonds. The van der Waals surface area contributed by atoms with Crippen LogP contribution in [0.3, 0.4) is 0 Å². The molecule has 0 radical (unpaired) electrons. The fourth-order valence-electron chi connectivity index (χ4n) is 4.44. The lowest BCUT2D eigenvalue weighted by atomic mass is 10.0. The molecule has 0 spiro atoms. The van der Waals surface area contributed by atoms with Crippen molar-refractivity contribution in [2.24, 2.45) is 29.6 Å². The fourth-order valence-corrected chi connectivity index (χ4v) is 4.44. The molecule has 3 fully saturated rings. The number of hydrogen-bond acceptors (Lipinski definition) is 2. The third-order valence-corrected chi connectivity index (χ3v) is 5.17. The Balaban J connectivity index is 1.70. The van der Waals surface area contributed by atoms with E-state index in [1.807, 2.05) is 13.8 Å². The van der Waals surface area contributed by atoms with Crippen molar-refractivity contribution in [2.45, 2.75) is 39.2 Å². The van der Waals surface area contributed by atoms with E-state index < -0.39 is 0 Å². The molecular weight excluding hydrogens is 212 g/mol. The number of hydrogen-bond donors (Lipinski definition) is 0. The summed E-state index contributed by atoms with van der Waals surface area (Å²) < 4.78 is 0. The molecule has 0 aromatic carbocycles. The highest BCUT2D eigenvalue weighted by Crippen LogP contribution is 2.69. The summed E-state index contributed by atoms with van der Waals surface area (Å²) in [4.78, 5) is 14.2. The van der Waals surface area contributed by atoms with Crippen molar-refractivity contribution >= 4 is 5.91 Å². The second-order valence-corrected chi connectivity index (χ2v) is 6.23. The van der Waals surface area contributed by atoms with Gasteiger partial charge in [-0.25, -0.2) is 0 Å². The molecule has 3 saturated carbocycles. The van der Waals surface area contributed by atoms with Crippen LogP contribution in [0.15, 0.2) is 0 Å². The maximum atomic E-state index is 12.4. The summed E-state index contributed by atoms with van der Waals surface area (Å²) in [6.07, 6.45) is 4.06. The summed E-state index contributed by atoms with van der Waals surface area (Å²) in [7, 11) is 0. The van der Waals surface area contributed by atoms with E-state index in [4.69, 9.17) is 5.26 Å². The molecule has 17 heavy (non-hydrogen) atoms. The van der Waals surface area contributed by atoms with E-state index in [1.54, 1.807) is 4.90 Å². The van der Waals surface area contributed by atoms with Crippen molar-refractivity contribution in [2.75, 3.05) is 6.54 Å². The van der Waals surface area contributed by atoms with Gasteiger partial charge in [-0.15, -0.1) is 0 Å². The standard InChI is InChI=1S/C14H20N2O/c1-8(2)16(6-5-15)14(17)13-11-9-3-4-10(7-9)12(11)13/h8-13H,3-4,6-7H2,1-2H3. The molecular formula is C14H20N2O. The molecule has 4 atom stereocenters. The zero-order valence-corrected chi connectivity index (χ0v) is 10.6. The number of carbonyl (C=O) groups excluding carboxylic acids is 1. The smallest absolute Gasteiger partial charge is 0.227 e. The number of amides is 1. The zero-order valence-electron chi connectivity index (χ0n) is 10.6. The lowest BCUT2D eigenvalue weighted by Gasteiger charge is -2.25. The molecule has 0 saturated heterocycles. The highest BCUT2D eigenvalue weighted by molar-refractivity contribution is 5.83. The third kappa shape index (κ3) is 1.50. The molecule has 3 heteroatoms. The topological polar surface area (TPSA) is 44.1 Å². The normalized spacial score (nSPS) is 41.2. The van der Waals surface area contributed by atoms with Gasteiger partial charge < -0.3 is 4.90 Å². The van der Waals surface area contributed by atoms with Gasteiger partial charge in [0.15, 0.2) is 0 Å². The van der Waals surface area contributed by atoms with Gasteiger partial charge >= 0.3 is 0 Å². The Morgan fingerprint density at radius 3 is 2.41 bits per heavy atom. The fraction of sp³-hybridized carbons (Fsp3) is 0.857. The number of nitrogens with zero attached hydrogens (tertiary/aromatic N) is 2. The minimum atomic E-state index is 0.154. The van der Waals surface area contributed by atoms with E-state index in [0.717, 1.165) is 11.8 Å². The molecule has 2 bridgehead atoms. The van der Waals surface area contributed by atoms with E-state index >= 15 is 0 Å². The lowest BCUT2D eigenvalue weighted by molar-refractivity contribution is -0.134. The molecule has 3 aliphatic carbocycles. The maximum Gasteiger partial charge on any atom is 0.227 e. The third-order valence-electron chi connectivity index (χ3n) is 5.17. The summed E-state index contributed by atoms with van der Waals surface area (Å²) >= 11 is 0. The summed E-state index contributed by atoms with van der Waals surface area (Å²) in [6.45, 7) is 4.26. The summed E-state index contributed by atoms with van der Waals surface area (Å²) in [6, 6.07) is 2.28. The first-order valence-corrected chi connectivity index (χ1v) is 6.82. The Morgan fingerprint density at radius 1 is 1.35 bits per heavy atom. The minimum absolute atomic E-state index is 0.154. The van der Waals surface area contributed by atoms with Crippen LogP contribution >= 0.6 is 0 Å². The molecule has 0 N–H and O–H groups in total. The van der Waals surface area contributed by atoms with E-state index in [2.05, 4.69) is 6.07 Å². The van der Waals surface area contributed by atoms with Crippen molar-refractivity contribution in [1.29, 1.82) is 5.26 Å². The van der Waals surface area contributed by atoms with Crippen molar-refractivity contribution in [3.05, 3.63) is 0 Å². The van der Waals surface area contributed by atoms with Crippen LogP contribution in [0.4, 0.5) is 0 Å². The lowest BCUT2D eigenvalue weighted by Crippen LogP contribution is -2.39. The summed E-state index contributed by atoms with van der Waals surface area (Å²) in [5, 5.41) is 8.81. The first-order chi connectivity index (χ1) is 8.15.